The van der Waals surface area contributed by atoms with E-state index in [4.69, 9.17) is 11.0 Å². The highest BCUT2D eigenvalue weighted by Crippen LogP contribution is 2.10. The number of Topliss-reactive ketones (excluding diaryl/α,β-unsaturated/α-hetero) is 1. The molecule has 1 aromatic rings. The Morgan fingerprint density at radius 1 is 1.42 bits per heavy atom. The number of carbonyl (C=O) groups excluding carboxylic acids is 1. The van der Waals surface area contributed by atoms with Crippen molar-refractivity contribution in [3.8, 4) is 5.75 Å². The highest BCUT2D eigenvalue weighted by molar-refractivity contribution is 5.97. The largest absolute Gasteiger partial charge is 0.340 e. The van der Waals surface area contributed by atoms with E-state index in [-0.39, 0.29) is 12.3 Å². The van der Waals surface area contributed by atoms with Gasteiger partial charge >= 0.3 is 0 Å². The Bertz CT molecular complexity index is 268. The van der Waals surface area contributed by atoms with Crippen LogP contribution >= 0.6 is 0 Å². The lowest BCUT2D eigenvalue weighted by Gasteiger charge is -1.98. The van der Waals surface area contributed by atoms with Crippen LogP contribution in [0.3, 0.4) is 0 Å². The van der Waals surface area contributed by atoms with Gasteiger partial charge in [-0.25, -0.2) is 5.26 Å². The standard InChI is InChI=1S/C8H9NO3/c9-5-8(10)6-1-3-7(12-11)4-2-6/h1-4,11H,5,9H2. The molecule has 0 saturated heterocycles. The summed E-state index contributed by atoms with van der Waals surface area (Å²) in [6, 6.07) is 6.06. The van der Waals surface area contributed by atoms with Crippen LogP contribution in [-0.4, -0.2) is 17.6 Å². The van der Waals surface area contributed by atoms with Gasteiger partial charge in [0.25, 0.3) is 0 Å². The van der Waals surface area contributed by atoms with E-state index < -0.39 is 0 Å². The summed E-state index contributed by atoms with van der Waals surface area (Å²) in [7, 11) is 0. The Hall–Kier alpha value is -1.39. The van der Waals surface area contributed by atoms with Gasteiger partial charge in [0.1, 0.15) is 0 Å². The van der Waals surface area contributed by atoms with Crippen LogP contribution in [0.2, 0.25) is 0 Å². The van der Waals surface area contributed by atoms with Crippen molar-refractivity contribution in [3.63, 3.8) is 0 Å². The maximum Gasteiger partial charge on any atom is 0.176 e. The summed E-state index contributed by atoms with van der Waals surface area (Å²) in [6.07, 6.45) is 0. The topological polar surface area (TPSA) is 72.6 Å². The molecule has 0 radical (unpaired) electrons. The Morgan fingerprint density at radius 2 is 2.00 bits per heavy atom. The van der Waals surface area contributed by atoms with Crippen LogP contribution in [0.25, 0.3) is 0 Å². The van der Waals surface area contributed by atoms with E-state index in [1.165, 1.54) is 12.1 Å². The van der Waals surface area contributed by atoms with E-state index in [2.05, 4.69) is 4.89 Å². The molecule has 1 aromatic carbocycles. The molecule has 0 fully saturated rings. The molecule has 0 aliphatic carbocycles. The average molecular weight is 167 g/mol. The number of benzene rings is 1. The van der Waals surface area contributed by atoms with E-state index in [9.17, 15) is 4.79 Å². The minimum absolute atomic E-state index is 0.0146. The fourth-order valence-electron chi connectivity index (χ4n) is 0.820. The molecule has 0 spiro atoms. The Morgan fingerprint density at radius 3 is 2.42 bits per heavy atom. The number of ketones is 1. The van der Waals surface area contributed by atoms with Gasteiger partial charge in [0.05, 0.1) is 6.54 Å². The second-order valence-corrected chi connectivity index (χ2v) is 2.24. The number of carbonyl (C=O) groups is 1. The van der Waals surface area contributed by atoms with Crippen molar-refractivity contribution in [2.75, 3.05) is 6.54 Å². The zero-order valence-corrected chi connectivity index (χ0v) is 6.36. The third-order valence-corrected chi connectivity index (χ3v) is 1.47. The predicted octanol–water partition coefficient (Wildman–Crippen LogP) is 0.680. The molecule has 0 aliphatic heterocycles. The zero-order chi connectivity index (χ0) is 8.97. The van der Waals surface area contributed by atoms with Gasteiger partial charge in [0.15, 0.2) is 11.5 Å². The van der Waals surface area contributed by atoms with E-state index in [1.807, 2.05) is 0 Å². The van der Waals surface area contributed by atoms with E-state index >= 15 is 0 Å². The molecule has 1 rings (SSSR count). The van der Waals surface area contributed by atoms with Gasteiger partial charge in [-0.05, 0) is 24.3 Å². The molecule has 4 nitrogen and oxygen atoms in total. The van der Waals surface area contributed by atoms with Crippen LogP contribution in [0.4, 0.5) is 0 Å². The SMILES string of the molecule is NCC(=O)c1ccc(OO)cc1. The summed E-state index contributed by atoms with van der Waals surface area (Å²) in [5.41, 5.74) is 5.66. The molecule has 4 heteroatoms. The van der Waals surface area contributed by atoms with Gasteiger partial charge in [0.2, 0.25) is 0 Å². The summed E-state index contributed by atoms with van der Waals surface area (Å²) < 4.78 is 0. The fourth-order valence-corrected chi connectivity index (χ4v) is 0.820. The maximum atomic E-state index is 11.0. The summed E-state index contributed by atoms with van der Waals surface area (Å²) in [5, 5.41) is 8.21. The lowest BCUT2D eigenvalue weighted by Crippen LogP contribution is -2.13. The van der Waals surface area contributed by atoms with E-state index in [0.29, 0.717) is 11.3 Å². The van der Waals surface area contributed by atoms with Gasteiger partial charge < -0.3 is 10.6 Å². The molecule has 64 valence electrons. The van der Waals surface area contributed by atoms with Crippen molar-refractivity contribution < 1.29 is 14.9 Å². The lowest BCUT2D eigenvalue weighted by molar-refractivity contribution is -0.137. The molecular weight excluding hydrogens is 158 g/mol. The minimum atomic E-state index is -0.139. The van der Waals surface area contributed by atoms with Crippen LogP contribution in [0.15, 0.2) is 24.3 Å². The summed E-state index contributed by atoms with van der Waals surface area (Å²) >= 11 is 0. The quantitative estimate of drug-likeness (QED) is 0.394. The molecule has 12 heavy (non-hydrogen) atoms. The Balaban J connectivity index is 2.84. The van der Waals surface area contributed by atoms with E-state index in [1.54, 1.807) is 12.1 Å². The molecule has 0 aliphatic rings. The first kappa shape index (κ1) is 8.70. The van der Waals surface area contributed by atoms with Crippen LogP contribution in [0.5, 0.6) is 5.75 Å². The van der Waals surface area contributed by atoms with Crippen LogP contribution in [-0.2, 0) is 0 Å². The molecule has 0 amide bonds. The molecule has 0 heterocycles. The maximum absolute atomic E-state index is 11.0. The van der Waals surface area contributed by atoms with Crippen molar-refractivity contribution in [3.05, 3.63) is 29.8 Å². The minimum Gasteiger partial charge on any atom is -0.340 e. The van der Waals surface area contributed by atoms with Crippen molar-refractivity contribution in [1.29, 1.82) is 0 Å². The smallest absolute Gasteiger partial charge is 0.176 e. The number of hydrogen-bond donors (Lipinski definition) is 2. The highest BCUT2D eigenvalue weighted by atomic mass is 17.1. The Kier molecular flexibility index (Phi) is 2.79. The number of nitrogens with two attached hydrogens (primary N) is 1. The lowest BCUT2D eigenvalue weighted by atomic mass is 10.1. The van der Waals surface area contributed by atoms with E-state index in [0.717, 1.165) is 0 Å². The first-order valence-electron chi connectivity index (χ1n) is 3.42. The molecular formula is C8H9NO3. The fraction of sp³-hybridized carbons (Fsp3) is 0.125. The molecule has 0 unspecified atom stereocenters. The van der Waals surface area contributed by atoms with Gasteiger partial charge in [-0.2, -0.15) is 0 Å². The Labute approximate surface area is 69.5 Å². The molecule has 0 saturated carbocycles. The molecule has 0 atom stereocenters. The van der Waals surface area contributed by atoms with Crippen LogP contribution in [0.1, 0.15) is 10.4 Å². The van der Waals surface area contributed by atoms with Gasteiger partial charge in [-0.15, -0.1) is 0 Å². The summed E-state index contributed by atoms with van der Waals surface area (Å²) in [4.78, 5) is 14.9. The second kappa shape index (κ2) is 3.85. The first-order chi connectivity index (χ1) is 5.77. The van der Waals surface area contributed by atoms with Crippen molar-refractivity contribution in [2.24, 2.45) is 5.73 Å². The van der Waals surface area contributed by atoms with Crippen LogP contribution < -0.4 is 10.6 Å². The van der Waals surface area contributed by atoms with Gasteiger partial charge in [-0.3, -0.25) is 4.79 Å². The zero-order valence-electron chi connectivity index (χ0n) is 6.36. The predicted molar refractivity (Wildman–Crippen MR) is 43.1 cm³/mol. The normalized spacial score (nSPS) is 9.50. The summed E-state index contributed by atoms with van der Waals surface area (Å²) in [5.74, 6) is 0.156. The number of rotatable bonds is 3. The van der Waals surface area contributed by atoms with Gasteiger partial charge in [-0.1, -0.05) is 0 Å². The monoisotopic (exact) mass is 167 g/mol. The second-order valence-electron chi connectivity index (χ2n) is 2.24. The van der Waals surface area contributed by atoms with Crippen molar-refractivity contribution >= 4 is 5.78 Å². The average Bonchev–Trinajstić information content (AvgIpc) is 2.17. The van der Waals surface area contributed by atoms with Crippen molar-refractivity contribution in [2.45, 2.75) is 0 Å². The first-order valence-corrected chi connectivity index (χ1v) is 3.42. The molecule has 3 N–H and O–H groups in total. The highest BCUT2D eigenvalue weighted by Gasteiger charge is 2.02. The number of hydrogen-bond acceptors (Lipinski definition) is 4. The van der Waals surface area contributed by atoms with Crippen LogP contribution in [0, 0.1) is 0 Å². The van der Waals surface area contributed by atoms with Crippen molar-refractivity contribution in [1.82, 2.24) is 0 Å². The van der Waals surface area contributed by atoms with Gasteiger partial charge in [0, 0.05) is 5.56 Å². The molecule has 0 bridgehead atoms. The summed E-state index contributed by atoms with van der Waals surface area (Å²) in [6.45, 7) is -0.0146. The molecule has 0 aromatic heterocycles. The third-order valence-electron chi connectivity index (χ3n) is 1.47. The third kappa shape index (κ3) is 1.81.